The molecule has 0 radical (unpaired) electrons. The lowest BCUT2D eigenvalue weighted by atomic mass is 9.98. The van der Waals surface area contributed by atoms with Crippen molar-refractivity contribution in [2.75, 3.05) is 18.4 Å². The van der Waals surface area contributed by atoms with E-state index in [-0.39, 0.29) is 17.5 Å². The summed E-state index contributed by atoms with van der Waals surface area (Å²) >= 11 is 0. The zero-order chi connectivity index (χ0) is 17.3. The van der Waals surface area contributed by atoms with Crippen LogP contribution in [0.1, 0.15) is 51.2 Å². The topological polar surface area (TPSA) is 89.1 Å². The highest BCUT2D eigenvalue weighted by Crippen LogP contribution is 2.26. The Morgan fingerprint density at radius 3 is 2.83 bits per heavy atom. The number of likely N-dealkylation sites (tertiary alicyclic amines) is 1. The molecule has 1 atom stereocenters. The van der Waals surface area contributed by atoms with Crippen LogP contribution in [0.2, 0.25) is 0 Å². The maximum absolute atomic E-state index is 12.5. The fourth-order valence-electron chi connectivity index (χ4n) is 2.80. The Morgan fingerprint density at radius 2 is 2.21 bits per heavy atom. The third-order valence-corrected chi connectivity index (χ3v) is 4.12. The molecule has 1 saturated heterocycles. The van der Waals surface area contributed by atoms with Gasteiger partial charge in [0.25, 0.3) is 0 Å². The van der Waals surface area contributed by atoms with Crippen molar-refractivity contribution in [2.45, 2.75) is 52.0 Å². The van der Waals surface area contributed by atoms with E-state index in [1.54, 1.807) is 18.0 Å². The van der Waals surface area contributed by atoms with E-state index in [0.29, 0.717) is 23.9 Å². The number of piperidine rings is 1. The van der Waals surface area contributed by atoms with Crippen LogP contribution in [0.5, 0.6) is 0 Å². The second-order valence-corrected chi connectivity index (χ2v) is 7.24. The van der Waals surface area contributed by atoms with Crippen LogP contribution < -0.4 is 5.32 Å². The summed E-state index contributed by atoms with van der Waals surface area (Å²) in [6.45, 7) is 9.30. The van der Waals surface area contributed by atoms with Crippen LogP contribution in [0.4, 0.5) is 10.5 Å². The minimum atomic E-state index is -0.121. The number of carbonyl (C=O) groups excluding carboxylic acids is 1. The molecule has 1 fully saturated rings. The molecular formula is C16H24N6O2. The average molecular weight is 332 g/mol. The average Bonchev–Trinajstić information content (AvgIpc) is 3.16. The predicted molar refractivity (Wildman–Crippen MR) is 88.8 cm³/mol. The van der Waals surface area contributed by atoms with E-state index >= 15 is 0 Å². The fraction of sp³-hybridized carbons (Fsp3) is 0.625. The Labute approximate surface area is 141 Å². The highest BCUT2D eigenvalue weighted by atomic mass is 16.5. The van der Waals surface area contributed by atoms with Crippen molar-refractivity contribution in [3.63, 3.8) is 0 Å². The van der Waals surface area contributed by atoms with Gasteiger partial charge < -0.3 is 14.7 Å². The van der Waals surface area contributed by atoms with Gasteiger partial charge in [-0.15, -0.1) is 0 Å². The van der Waals surface area contributed by atoms with Crippen molar-refractivity contribution in [2.24, 2.45) is 0 Å². The Bertz CT molecular complexity index is 714. The number of rotatable bonds is 2. The minimum Gasteiger partial charge on any atom is -0.339 e. The standard InChI is InChI=1S/C16H24N6O2/c1-11-18-14(24-20-11)12-6-5-7-21(9-12)15(23)19-13-8-17-22(10-13)16(2,3)4/h8,10,12H,5-7,9H2,1-4H3,(H,19,23)/t12-/m0/s1. The summed E-state index contributed by atoms with van der Waals surface area (Å²) < 4.78 is 7.09. The van der Waals surface area contributed by atoms with Crippen molar-refractivity contribution in [3.8, 4) is 0 Å². The van der Waals surface area contributed by atoms with E-state index in [2.05, 4.69) is 41.3 Å². The second-order valence-electron chi connectivity index (χ2n) is 7.24. The largest absolute Gasteiger partial charge is 0.339 e. The number of amides is 2. The highest BCUT2D eigenvalue weighted by molar-refractivity contribution is 5.89. The van der Waals surface area contributed by atoms with Crippen LogP contribution in [-0.4, -0.2) is 43.9 Å². The van der Waals surface area contributed by atoms with E-state index in [0.717, 1.165) is 19.4 Å². The summed E-state index contributed by atoms with van der Waals surface area (Å²) in [5, 5.41) is 11.1. The van der Waals surface area contributed by atoms with Gasteiger partial charge in [0.1, 0.15) is 0 Å². The smallest absolute Gasteiger partial charge is 0.321 e. The summed E-state index contributed by atoms with van der Waals surface area (Å²) in [7, 11) is 0. The molecular weight excluding hydrogens is 308 g/mol. The number of hydrogen-bond donors (Lipinski definition) is 1. The molecule has 0 aliphatic carbocycles. The summed E-state index contributed by atoms with van der Waals surface area (Å²) in [5.74, 6) is 1.34. The van der Waals surface area contributed by atoms with Gasteiger partial charge >= 0.3 is 6.03 Å². The molecule has 0 aromatic carbocycles. The first-order valence-electron chi connectivity index (χ1n) is 8.24. The predicted octanol–water partition coefficient (Wildman–Crippen LogP) is 2.74. The van der Waals surface area contributed by atoms with Crippen molar-refractivity contribution in [3.05, 3.63) is 24.1 Å². The van der Waals surface area contributed by atoms with Crippen LogP contribution in [0, 0.1) is 6.92 Å². The molecule has 0 unspecified atom stereocenters. The van der Waals surface area contributed by atoms with E-state index in [4.69, 9.17) is 4.52 Å². The molecule has 1 aliphatic heterocycles. The third-order valence-electron chi connectivity index (χ3n) is 4.12. The molecule has 130 valence electrons. The van der Waals surface area contributed by atoms with Crippen LogP contribution in [-0.2, 0) is 5.54 Å². The number of nitrogens with zero attached hydrogens (tertiary/aromatic N) is 5. The number of aryl methyl sites for hydroxylation is 1. The van der Waals surface area contributed by atoms with Gasteiger partial charge in [-0.3, -0.25) is 4.68 Å². The van der Waals surface area contributed by atoms with Gasteiger partial charge in [0.05, 0.1) is 23.3 Å². The van der Waals surface area contributed by atoms with E-state index in [1.165, 1.54) is 0 Å². The van der Waals surface area contributed by atoms with E-state index in [9.17, 15) is 4.79 Å². The molecule has 0 bridgehead atoms. The van der Waals surface area contributed by atoms with Gasteiger partial charge in [-0.2, -0.15) is 10.1 Å². The van der Waals surface area contributed by atoms with Crippen molar-refractivity contribution < 1.29 is 9.32 Å². The van der Waals surface area contributed by atoms with Crippen LogP contribution >= 0.6 is 0 Å². The lowest BCUT2D eigenvalue weighted by Crippen LogP contribution is -2.41. The molecule has 0 spiro atoms. The number of carbonyl (C=O) groups is 1. The number of nitrogens with one attached hydrogen (secondary N) is 1. The number of urea groups is 1. The molecule has 2 amide bonds. The third kappa shape index (κ3) is 3.58. The molecule has 24 heavy (non-hydrogen) atoms. The van der Waals surface area contributed by atoms with Crippen LogP contribution in [0.3, 0.4) is 0 Å². The summed E-state index contributed by atoms with van der Waals surface area (Å²) in [4.78, 5) is 18.6. The molecule has 0 saturated carbocycles. The van der Waals surface area contributed by atoms with E-state index < -0.39 is 0 Å². The lowest BCUT2D eigenvalue weighted by Gasteiger charge is -2.30. The van der Waals surface area contributed by atoms with Crippen molar-refractivity contribution in [1.82, 2.24) is 24.8 Å². The van der Waals surface area contributed by atoms with Gasteiger partial charge in [0, 0.05) is 19.3 Å². The molecule has 2 aromatic heterocycles. The van der Waals surface area contributed by atoms with E-state index in [1.807, 2.05) is 10.9 Å². The summed E-state index contributed by atoms with van der Waals surface area (Å²) in [5.41, 5.74) is 0.584. The zero-order valence-corrected chi connectivity index (χ0v) is 14.6. The Morgan fingerprint density at radius 1 is 1.42 bits per heavy atom. The first-order chi connectivity index (χ1) is 11.3. The summed E-state index contributed by atoms with van der Waals surface area (Å²) in [6, 6.07) is -0.121. The molecule has 3 heterocycles. The Hall–Kier alpha value is -2.38. The number of hydrogen-bond acceptors (Lipinski definition) is 5. The first kappa shape index (κ1) is 16.5. The molecule has 8 heteroatoms. The number of aromatic nitrogens is 4. The lowest BCUT2D eigenvalue weighted by molar-refractivity contribution is 0.184. The highest BCUT2D eigenvalue weighted by Gasteiger charge is 2.28. The monoisotopic (exact) mass is 332 g/mol. The van der Waals surface area contributed by atoms with Crippen molar-refractivity contribution in [1.29, 1.82) is 0 Å². The zero-order valence-electron chi connectivity index (χ0n) is 14.6. The fourth-order valence-corrected chi connectivity index (χ4v) is 2.80. The second kappa shape index (κ2) is 6.26. The maximum atomic E-state index is 12.5. The quantitative estimate of drug-likeness (QED) is 0.913. The van der Waals surface area contributed by atoms with Crippen molar-refractivity contribution >= 4 is 11.7 Å². The van der Waals surface area contributed by atoms with Gasteiger partial charge in [-0.25, -0.2) is 4.79 Å². The number of anilines is 1. The molecule has 2 aromatic rings. The molecule has 3 rings (SSSR count). The Kier molecular flexibility index (Phi) is 4.29. The normalized spacial score (nSPS) is 18.7. The Balaban J connectivity index is 1.63. The van der Waals surface area contributed by atoms with Gasteiger partial charge in [-0.1, -0.05) is 5.16 Å². The molecule has 1 aliphatic rings. The minimum absolute atomic E-state index is 0.1000. The molecule has 1 N–H and O–H groups in total. The van der Waals surface area contributed by atoms with Gasteiger partial charge in [-0.05, 0) is 40.5 Å². The van der Waals surface area contributed by atoms with Crippen LogP contribution in [0.15, 0.2) is 16.9 Å². The van der Waals surface area contributed by atoms with Gasteiger partial charge in [0.2, 0.25) is 5.89 Å². The van der Waals surface area contributed by atoms with Gasteiger partial charge in [0.15, 0.2) is 5.82 Å². The maximum Gasteiger partial charge on any atom is 0.321 e. The van der Waals surface area contributed by atoms with Crippen LogP contribution in [0.25, 0.3) is 0 Å². The SMILES string of the molecule is Cc1noc([C@H]2CCCN(C(=O)Nc3cnn(C(C)(C)C)c3)C2)n1. The molecule has 8 nitrogen and oxygen atoms in total. The first-order valence-corrected chi connectivity index (χ1v) is 8.24. The summed E-state index contributed by atoms with van der Waals surface area (Å²) in [6.07, 6.45) is 5.39.